The number of rotatable bonds is 8. The maximum Gasteiger partial charge on any atom is 0.273 e. The van der Waals surface area contributed by atoms with Gasteiger partial charge in [0.05, 0.1) is 5.41 Å². The van der Waals surface area contributed by atoms with E-state index in [1.165, 1.54) is 6.42 Å². The van der Waals surface area contributed by atoms with Gasteiger partial charge in [-0.15, -0.1) is 0 Å². The van der Waals surface area contributed by atoms with Crippen molar-refractivity contribution < 1.29 is 14.4 Å². The highest BCUT2D eigenvalue weighted by Crippen LogP contribution is 2.46. The molecule has 1 saturated heterocycles. The summed E-state index contributed by atoms with van der Waals surface area (Å²) in [4.78, 5) is 52.6. The summed E-state index contributed by atoms with van der Waals surface area (Å²) in [6.45, 7) is 3.13. The van der Waals surface area contributed by atoms with E-state index in [2.05, 4.69) is 31.6 Å². The minimum Gasteiger partial charge on any atom is -0.325 e. The first-order valence-electron chi connectivity index (χ1n) is 14.7. The third-order valence-corrected chi connectivity index (χ3v) is 8.79. The lowest BCUT2D eigenvalue weighted by Gasteiger charge is -2.32. The number of hydrogen-bond donors (Lipinski definition) is 2. The van der Waals surface area contributed by atoms with Crippen LogP contribution in [0.2, 0.25) is 0 Å². The first-order valence-corrected chi connectivity index (χ1v) is 14.7. The van der Waals surface area contributed by atoms with Crippen molar-refractivity contribution in [3.05, 3.63) is 119 Å². The Morgan fingerprint density at radius 3 is 2.49 bits per heavy atom. The number of carbonyl (C=O) groups is 3. The van der Waals surface area contributed by atoms with E-state index >= 15 is 0 Å². The predicted molar refractivity (Wildman–Crippen MR) is 162 cm³/mol. The number of nitrogens with zero attached hydrogens (tertiary/aromatic N) is 4. The van der Waals surface area contributed by atoms with Crippen LogP contribution in [0, 0.1) is 0 Å². The molecule has 2 N–H and O–H groups in total. The summed E-state index contributed by atoms with van der Waals surface area (Å²) in [7, 11) is 0. The molecule has 3 amide bonds. The Labute approximate surface area is 250 Å². The van der Waals surface area contributed by atoms with E-state index in [-0.39, 0.29) is 24.3 Å². The third kappa shape index (κ3) is 5.17. The summed E-state index contributed by atoms with van der Waals surface area (Å²) in [5, 5.41) is 5.93. The van der Waals surface area contributed by atoms with Crippen LogP contribution in [0.1, 0.15) is 44.7 Å². The average Bonchev–Trinajstić information content (AvgIpc) is 3.52. The summed E-state index contributed by atoms with van der Waals surface area (Å²) < 4.78 is 0. The number of aromatic nitrogens is 2. The summed E-state index contributed by atoms with van der Waals surface area (Å²) in [5.41, 5.74) is 5.43. The van der Waals surface area contributed by atoms with Crippen molar-refractivity contribution >= 4 is 29.2 Å². The van der Waals surface area contributed by atoms with Gasteiger partial charge in [0.15, 0.2) is 0 Å². The first kappa shape index (κ1) is 27.0. The summed E-state index contributed by atoms with van der Waals surface area (Å²) in [6, 6.07) is 22.9. The molecule has 4 aromatic rings. The van der Waals surface area contributed by atoms with Crippen LogP contribution in [0.4, 0.5) is 11.5 Å². The molecule has 9 nitrogen and oxygen atoms in total. The van der Waals surface area contributed by atoms with Gasteiger partial charge in [0.2, 0.25) is 11.8 Å². The van der Waals surface area contributed by atoms with Crippen LogP contribution in [0.5, 0.6) is 0 Å². The molecule has 0 bridgehead atoms. The Balaban J connectivity index is 1.09. The maximum absolute atomic E-state index is 13.6. The molecule has 43 heavy (non-hydrogen) atoms. The molecule has 2 aliphatic heterocycles. The van der Waals surface area contributed by atoms with Gasteiger partial charge in [0.25, 0.3) is 5.91 Å². The van der Waals surface area contributed by atoms with Crippen LogP contribution in [0.25, 0.3) is 0 Å². The lowest BCUT2D eigenvalue weighted by Crippen LogP contribution is -2.39. The number of fused-ring (bicyclic) bond motifs is 3. The fourth-order valence-corrected chi connectivity index (χ4v) is 6.42. The van der Waals surface area contributed by atoms with Gasteiger partial charge in [-0.1, -0.05) is 42.5 Å². The lowest BCUT2D eigenvalue weighted by molar-refractivity contribution is -0.120. The fourth-order valence-electron chi connectivity index (χ4n) is 6.42. The van der Waals surface area contributed by atoms with Crippen LogP contribution in [0.15, 0.2) is 85.2 Å². The van der Waals surface area contributed by atoms with Crippen molar-refractivity contribution in [2.75, 3.05) is 30.3 Å². The smallest absolute Gasteiger partial charge is 0.273 e. The van der Waals surface area contributed by atoms with Crippen LogP contribution >= 0.6 is 0 Å². The Bertz CT molecular complexity index is 1720. The van der Waals surface area contributed by atoms with E-state index in [1.54, 1.807) is 35.5 Å². The molecule has 4 heterocycles. The number of carbonyl (C=O) groups excluding carboxylic acids is 3. The van der Waals surface area contributed by atoms with Crippen LogP contribution in [-0.4, -0.2) is 57.1 Å². The third-order valence-electron chi connectivity index (χ3n) is 8.79. The van der Waals surface area contributed by atoms with E-state index < -0.39 is 5.41 Å². The van der Waals surface area contributed by atoms with E-state index in [1.807, 2.05) is 48.5 Å². The van der Waals surface area contributed by atoms with Gasteiger partial charge in [-0.25, -0.2) is 4.98 Å². The Morgan fingerprint density at radius 1 is 0.907 bits per heavy atom. The number of hydrogen-bond acceptors (Lipinski definition) is 6. The zero-order valence-corrected chi connectivity index (χ0v) is 23.8. The highest BCUT2D eigenvalue weighted by atomic mass is 16.2. The molecule has 0 radical (unpaired) electrons. The van der Waals surface area contributed by atoms with Gasteiger partial charge >= 0.3 is 0 Å². The van der Waals surface area contributed by atoms with Crippen molar-refractivity contribution in [3.63, 3.8) is 0 Å². The van der Waals surface area contributed by atoms with Crippen molar-refractivity contribution in [3.8, 4) is 0 Å². The second-order valence-electron chi connectivity index (χ2n) is 11.6. The number of nitrogens with one attached hydrogen (secondary N) is 2. The van der Waals surface area contributed by atoms with E-state index in [4.69, 9.17) is 0 Å². The van der Waals surface area contributed by atoms with Crippen molar-refractivity contribution in [2.45, 2.75) is 37.8 Å². The number of amides is 3. The molecule has 0 saturated carbocycles. The standard InChI is InChI=1S/C34H32N6O3/c41-30(37-27-12-11-23-18-34(19-26(23)17-27)28-9-5-14-36-31(28)38-33(34)43)22-40(32(42)29-10-3-4-13-35-29)21-25-8-2-1-7-24(25)20-39-15-6-16-39/h1-5,7-14,17H,6,15-16,18-22H2,(H,37,41)(H,36,38,43). The average molecular weight is 573 g/mol. The Kier molecular flexibility index (Phi) is 6.95. The molecule has 2 aromatic carbocycles. The monoisotopic (exact) mass is 572 g/mol. The number of anilines is 2. The van der Waals surface area contributed by atoms with E-state index in [9.17, 15) is 14.4 Å². The molecule has 1 unspecified atom stereocenters. The van der Waals surface area contributed by atoms with Crippen molar-refractivity contribution in [2.24, 2.45) is 0 Å². The molecule has 1 atom stereocenters. The van der Waals surface area contributed by atoms with Gasteiger partial charge in [-0.2, -0.15) is 0 Å². The predicted octanol–water partition coefficient (Wildman–Crippen LogP) is 3.95. The Hall–Kier alpha value is -4.89. The summed E-state index contributed by atoms with van der Waals surface area (Å²) >= 11 is 0. The van der Waals surface area contributed by atoms with Crippen molar-refractivity contribution in [1.29, 1.82) is 0 Å². The number of benzene rings is 2. The second-order valence-corrected chi connectivity index (χ2v) is 11.6. The molecule has 7 rings (SSSR count). The molecule has 2 aromatic heterocycles. The number of pyridine rings is 2. The minimum atomic E-state index is -0.677. The van der Waals surface area contributed by atoms with Gasteiger partial charge < -0.3 is 15.5 Å². The van der Waals surface area contributed by atoms with Gasteiger partial charge in [0.1, 0.15) is 18.1 Å². The van der Waals surface area contributed by atoms with E-state index in [0.29, 0.717) is 36.6 Å². The second kappa shape index (κ2) is 11.1. The zero-order valence-electron chi connectivity index (χ0n) is 23.8. The van der Waals surface area contributed by atoms with Gasteiger partial charge in [-0.05, 0) is 84.9 Å². The maximum atomic E-state index is 13.6. The highest BCUT2D eigenvalue weighted by molar-refractivity contribution is 6.06. The molecule has 1 fully saturated rings. The van der Waals surface area contributed by atoms with Crippen LogP contribution < -0.4 is 10.6 Å². The molecule has 3 aliphatic rings. The molecular formula is C34H32N6O3. The lowest BCUT2D eigenvalue weighted by atomic mass is 9.79. The molecular weight excluding hydrogens is 540 g/mol. The summed E-state index contributed by atoms with van der Waals surface area (Å²) in [5.74, 6) is -0.0192. The van der Waals surface area contributed by atoms with Crippen LogP contribution in [0.3, 0.4) is 0 Å². The fraction of sp³-hybridized carbons (Fsp3) is 0.265. The number of likely N-dealkylation sites (tertiary alicyclic amines) is 1. The molecule has 216 valence electrons. The summed E-state index contributed by atoms with van der Waals surface area (Å²) in [6.07, 6.45) is 5.59. The SMILES string of the molecule is O=C(CN(Cc1ccccc1CN1CCC1)C(=O)c1ccccn1)Nc1ccc2c(c1)CC1(C2)C(=O)Nc2ncccc21. The van der Waals surface area contributed by atoms with Gasteiger partial charge in [0, 0.05) is 36.7 Å². The highest BCUT2D eigenvalue weighted by Gasteiger charge is 2.51. The van der Waals surface area contributed by atoms with Gasteiger partial charge in [-0.3, -0.25) is 24.3 Å². The Morgan fingerprint density at radius 2 is 1.70 bits per heavy atom. The topological polar surface area (TPSA) is 108 Å². The van der Waals surface area contributed by atoms with Crippen molar-refractivity contribution in [1.82, 2.24) is 19.8 Å². The quantitative estimate of drug-likeness (QED) is 0.331. The minimum absolute atomic E-state index is 0.0407. The zero-order chi connectivity index (χ0) is 29.4. The molecule has 1 spiro atoms. The molecule has 1 aliphatic carbocycles. The first-order chi connectivity index (χ1) is 21.0. The largest absolute Gasteiger partial charge is 0.325 e. The normalized spacial score (nSPS) is 18.5. The molecule has 9 heteroatoms. The van der Waals surface area contributed by atoms with E-state index in [0.717, 1.165) is 47.5 Å². The van der Waals surface area contributed by atoms with Crippen LogP contribution in [-0.2, 0) is 40.9 Å².